The predicted octanol–water partition coefficient (Wildman–Crippen LogP) is 1.56. The number of hydrogen-bond acceptors (Lipinski definition) is 4. The maximum atomic E-state index is 9.16. The van der Waals surface area contributed by atoms with Crippen LogP contribution < -0.4 is 0 Å². The van der Waals surface area contributed by atoms with Crippen LogP contribution in [-0.4, -0.2) is 21.6 Å². The van der Waals surface area contributed by atoms with Crippen LogP contribution in [0.5, 0.6) is 11.5 Å². The second-order valence-corrected chi connectivity index (χ2v) is 2.51. The fourth-order valence-corrected chi connectivity index (χ4v) is 1.03. The van der Waals surface area contributed by atoms with E-state index in [1.54, 1.807) is 0 Å². The van der Waals surface area contributed by atoms with E-state index in [-0.39, 0.29) is 22.1 Å². The maximum absolute atomic E-state index is 9.16. The van der Waals surface area contributed by atoms with Crippen molar-refractivity contribution in [2.75, 3.05) is 0 Å². The predicted molar refractivity (Wildman–Crippen MR) is 44.2 cm³/mol. The summed E-state index contributed by atoms with van der Waals surface area (Å²) >= 11 is 5.59. The minimum Gasteiger partial charge on any atom is -0.508 e. The molecule has 12 heavy (non-hydrogen) atoms. The number of oxime groups is 1. The number of phenols is 2. The number of benzene rings is 1. The molecule has 0 saturated heterocycles. The highest BCUT2D eigenvalue weighted by atomic mass is 35.5. The van der Waals surface area contributed by atoms with Crippen LogP contribution in [0.4, 0.5) is 0 Å². The van der Waals surface area contributed by atoms with Crippen LogP contribution in [0.15, 0.2) is 17.3 Å². The number of phenolic OH excluding ortho intramolecular Hbond substituents is 2. The van der Waals surface area contributed by atoms with E-state index in [4.69, 9.17) is 27.0 Å². The molecule has 0 unspecified atom stereocenters. The second-order valence-electron chi connectivity index (χ2n) is 2.10. The maximum Gasteiger partial charge on any atom is 0.129 e. The molecule has 0 aliphatic carbocycles. The van der Waals surface area contributed by atoms with Gasteiger partial charge in [-0.05, 0) is 6.07 Å². The van der Waals surface area contributed by atoms with E-state index in [0.717, 1.165) is 12.3 Å². The van der Waals surface area contributed by atoms with E-state index in [1.165, 1.54) is 6.07 Å². The highest BCUT2D eigenvalue weighted by molar-refractivity contribution is 6.33. The topological polar surface area (TPSA) is 73.1 Å². The molecule has 0 aliphatic rings. The summed E-state index contributed by atoms with van der Waals surface area (Å²) in [5, 5.41) is 29.1. The summed E-state index contributed by atoms with van der Waals surface area (Å²) in [6.07, 6.45) is 0.983. The van der Waals surface area contributed by atoms with E-state index in [0.29, 0.717) is 0 Å². The van der Waals surface area contributed by atoms with Gasteiger partial charge in [-0.1, -0.05) is 16.8 Å². The van der Waals surface area contributed by atoms with Gasteiger partial charge in [0.1, 0.15) is 11.5 Å². The van der Waals surface area contributed by atoms with E-state index in [9.17, 15) is 0 Å². The first-order valence-corrected chi connectivity index (χ1v) is 3.42. The van der Waals surface area contributed by atoms with Crippen molar-refractivity contribution in [3.63, 3.8) is 0 Å². The van der Waals surface area contributed by atoms with Crippen LogP contribution in [0, 0.1) is 0 Å². The first-order chi connectivity index (χ1) is 5.65. The molecule has 5 heteroatoms. The number of nitrogens with zero attached hydrogens (tertiary/aromatic N) is 1. The zero-order chi connectivity index (χ0) is 9.14. The molecule has 0 bridgehead atoms. The number of halogens is 1. The molecule has 0 saturated carbocycles. The van der Waals surface area contributed by atoms with Gasteiger partial charge < -0.3 is 15.4 Å². The van der Waals surface area contributed by atoms with Gasteiger partial charge in [-0.15, -0.1) is 0 Å². The Bertz CT molecular complexity index is 301. The van der Waals surface area contributed by atoms with Crippen molar-refractivity contribution in [1.29, 1.82) is 0 Å². The zero-order valence-electron chi connectivity index (χ0n) is 5.90. The van der Waals surface area contributed by atoms with Crippen molar-refractivity contribution in [2.45, 2.75) is 0 Å². The average molecular weight is 188 g/mol. The van der Waals surface area contributed by atoms with Gasteiger partial charge in [0.2, 0.25) is 0 Å². The van der Waals surface area contributed by atoms with Gasteiger partial charge >= 0.3 is 0 Å². The van der Waals surface area contributed by atoms with Crippen LogP contribution in [0.3, 0.4) is 0 Å². The molecule has 1 rings (SSSR count). The molecule has 64 valence electrons. The molecule has 0 aromatic heterocycles. The summed E-state index contributed by atoms with van der Waals surface area (Å²) < 4.78 is 0. The molecule has 1 aromatic carbocycles. The molecule has 0 spiro atoms. The Balaban J connectivity index is 3.28. The molecule has 4 nitrogen and oxygen atoms in total. The monoisotopic (exact) mass is 187 g/mol. The molecule has 3 N–H and O–H groups in total. The Kier molecular flexibility index (Phi) is 2.40. The molecular formula is C7H6ClNO3. The van der Waals surface area contributed by atoms with E-state index in [2.05, 4.69) is 5.16 Å². The van der Waals surface area contributed by atoms with Crippen molar-refractivity contribution in [1.82, 2.24) is 0 Å². The third-order valence-electron chi connectivity index (χ3n) is 1.28. The van der Waals surface area contributed by atoms with Crippen LogP contribution in [0.2, 0.25) is 5.02 Å². The lowest BCUT2D eigenvalue weighted by molar-refractivity contribution is 0.321. The van der Waals surface area contributed by atoms with Crippen LogP contribution >= 0.6 is 11.6 Å². The Hall–Kier alpha value is -1.42. The SMILES string of the molecule is O/N=C/c1c(O)cc(O)cc1Cl. The molecule has 0 fully saturated rings. The molecule has 0 aliphatic heterocycles. The lowest BCUT2D eigenvalue weighted by atomic mass is 10.2. The third kappa shape index (κ3) is 1.60. The van der Waals surface area contributed by atoms with Gasteiger partial charge in [0, 0.05) is 6.07 Å². The van der Waals surface area contributed by atoms with Gasteiger partial charge in [-0.3, -0.25) is 0 Å². The van der Waals surface area contributed by atoms with Crippen molar-refractivity contribution in [2.24, 2.45) is 5.16 Å². The molecular weight excluding hydrogens is 182 g/mol. The third-order valence-corrected chi connectivity index (χ3v) is 1.59. The summed E-state index contributed by atoms with van der Waals surface area (Å²) in [5.74, 6) is -0.384. The van der Waals surface area contributed by atoms with Crippen molar-refractivity contribution in [3.05, 3.63) is 22.7 Å². The summed E-state index contributed by atoms with van der Waals surface area (Å²) in [6, 6.07) is 2.33. The van der Waals surface area contributed by atoms with Crippen molar-refractivity contribution in [3.8, 4) is 11.5 Å². The van der Waals surface area contributed by atoms with Gasteiger partial charge in [0.25, 0.3) is 0 Å². The molecule has 0 heterocycles. The number of rotatable bonds is 1. The van der Waals surface area contributed by atoms with Crippen LogP contribution in [-0.2, 0) is 0 Å². The standard InChI is InChI=1S/C7H6ClNO3/c8-6-1-4(10)2-7(11)5(6)3-9-12/h1-3,10-12H/b9-3+. The average Bonchev–Trinajstić information content (AvgIpc) is 1.96. The fraction of sp³-hybridized carbons (Fsp3) is 0. The van der Waals surface area contributed by atoms with Crippen molar-refractivity contribution >= 4 is 17.8 Å². The highest BCUT2D eigenvalue weighted by Crippen LogP contribution is 2.28. The van der Waals surface area contributed by atoms with E-state index < -0.39 is 0 Å². The van der Waals surface area contributed by atoms with Gasteiger partial charge in [0.15, 0.2) is 0 Å². The number of hydrogen-bond donors (Lipinski definition) is 3. The summed E-state index contributed by atoms with van der Waals surface area (Å²) in [4.78, 5) is 0. The normalized spacial score (nSPS) is 10.8. The minimum absolute atomic E-state index is 0.116. The molecule has 0 atom stereocenters. The molecule has 0 radical (unpaired) electrons. The highest BCUT2D eigenvalue weighted by Gasteiger charge is 2.05. The first-order valence-electron chi connectivity index (χ1n) is 3.04. The fourth-order valence-electron chi connectivity index (χ4n) is 0.775. The van der Waals surface area contributed by atoms with Gasteiger partial charge in [0.05, 0.1) is 16.8 Å². The summed E-state index contributed by atoms with van der Waals surface area (Å²) in [5.41, 5.74) is 0.164. The largest absolute Gasteiger partial charge is 0.508 e. The van der Waals surface area contributed by atoms with Gasteiger partial charge in [-0.25, -0.2) is 0 Å². The second kappa shape index (κ2) is 3.32. The van der Waals surface area contributed by atoms with Crippen LogP contribution in [0.25, 0.3) is 0 Å². The van der Waals surface area contributed by atoms with Crippen LogP contribution in [0.1, 0.15) is 5.56 Å². The summed E-state index contributed by atoms with van der Waals surface area (Å²) in [6.45, 7) is 0. The molecule has 1 aromatic rings. The van der Waals surface area contributed by atoms with E-state index >= 15 is 0 Å². The quantitative estimate of drug-likeness (QED) is 0.355. The Morgan fingerprint density at radius 3 is 2.50 bits per heavy atom. The first kappa shape index (κ1) is 8.67. The lowest BCUT2D eigenvalue weighted by Crippen LogP contribution is -1.84. The molecule has 0 amide bonds. The minimum atomic E-state index is -0.238. The van der Waals surface area contributed by atoms with Crippen molar-refractivity contribution < 1.29 is 15.4 Å². The van der Waals surface area contributed by atoms with E-state index in [1.807, 2.05) is 0 Å². The smallest absolute Gasteiger partial charge is 0.129 e. The summed E-state index contributed by atoms with van der Waals surface area (Å²) in [7, 11) is 0. The Labute approximate surface area is 73.3 Å². The zero-order valence-corrected chi connectivity index (χ0v) is 6.65. The lowest BCUT2D eigenvalue weighted by Gasteiger charge is -2.01. The van der Waals surface area contributed by atoms with Gasteiger partial charge in [-0.2, -0.15) is 0 Å². The Morgan fingerprint density at radius 2 is 2.00 bits per heavy atom. The Morgan fingerprint density at radius 1 is 1.33 bits per heavy atom. The number of aromatic hydroxyl groups is 2.